The molecular weight excluding hydrogens is 212 g/mol. The van der Waals surface area contributed by atoms with E-state index in [1.165, 1.54) is 11.1 Å². The van der Waals surface area contributed by atoms with E-state index in [-0.39, 0.29) is 5.79 Å². The van der Waals surface area contributed by atoms with Crippen molar-refractivity contribution in [3.63, 3.8) is 0 Å². The Bertz CT molecular complexity index is 341. The molecular formula is C15H22O2. The first-order valence-corrected chi connectivity index (χ1v) is 6.65. The summed E-state index contributed by atoms with van der Waals surface area (Å²) >= 11 is 0. The van der Waals surface area contributed by atoms with Crippen LogP contribution in [0.5, 0.6) is 0 Å². The van der Waals surface area contributed by atoms with E-state index in [0.29, 0.717) is 0 Å². The molecule has 0 N–H and O–H groups in total. The second-order valence-corrected chi connectivity index (χ2v) is 4.72. The maximum atomic E-state index is 5.71. The van der Waals surface area contributed by atoms with Gasteiger partial charge in [0.05, 0.1) is 13.2 Å². The van der Waals surface area contributed by atoms with Crippen LogP contribution in [0.1, 0.15) is 46.0 Å². The minimum atomic E-state index is -0.251. The second kappa shape index (κ2) is 5.68. The van der Waals surface area contributed by atoms with E-state index in [0.717, 1.165) is 45.3 Å². The van der Waals surface area contributed by atoms with E-state index in [1.807, 2.05) is 0 Å². The van der Waals surface area contributed by atoms with Gasteiger partial charge in [0.15, 0.2) is 5.79 Å². The fraction of sp³-hybridized carbons (Fsp3) is 0.667. The third-order valence-corrected chi connectivity index (χ3v) is 3.67. The highest BCUT2D eigenvalue weighted by atomic mass is 16.7. The summed E-state index contributed by atoms with van der Waals surface area (Å²) < 4.78 is 11.4. The molecule has 17 heavy (non-hydrogen) atoms. The number of hydrogen-bond donors (Lipinski definition) is 0. The van der Waals surface area contributed by atoms with Gasteiger partial charge in [-0.05, 0) is 43.4 Å². The number of allylic oxidation sites excluding steroid dienone is 3. The standard InChI is InChI=1S/C15H22O2/c1-3-13(4-2)5-6-14-7-9-15(10-8-14)16-11-12-17-15/h3,5H,4,7-12H2,1-2H3/b13-3-. The average Bonchev–Trinajstić information content (AvgIpc) is 2.81. The quantitative estimate of drug-likeness (QED) is 0.535. The van der Waals surface area contributed by atoms with Crippen LogP contribution < -0.4 is 0 Å². The van der Waals surface area contributed by atoms with E-state index in [2.05, 4.69) is 31.7 Å². The smallest absolute Gasteiger partial charge is 0.169 e. The van der Waals surface area contributed by atoms with Crippen molar-refractivity contribution in [3.8, 4) is 0 Å². The predicted octanol–water partition coefficient (Wildman–Crippen LogP) is 3.74. The third-order valence-electron chi connectivity index (χ3n) is 3.67. The average molecular weight is 234 g/mol. The Kier molecular flexibility index (Phi) is 4.22. The Balaban J connectivity index is 1.96. The van der Waals surface area contributed by atoms with Crippen LogP contribution in [0.2, 0.25) is 0 Å². The summed E-state index contributed by atoms with van der Waals surface area (Å²) in [7, 11) is 0. The Labute approximate surface area is 104 Å². The molecule has 1 spiro atoms. The summed E-state index contributed by atoms with van der Waals surface area (Å²) in [6, 6.07) is 0. The molecule has 0 aromatic rings. The topological polar surface area (TPSA) is 18.5 Å². The van der Waals surface area contributed by atoms with Crippen LogP contribution in [-0.4, -0.2) is 19.0 Å². The van der Waals surface area contributed by atoms with Crippen LogP contribution in [0, 0.1) is 0 Å². The molecule has 94 valence electrons. The molecule has 2 rings (SSSR count). The van der Waals surface area contributed by atoms with Crippen molar-refractivity contribution >= 4 is 0 Å². The van der Waals surface area contributed by atoms with Gasteiger partial charge < -0.3 is 9.47 Å². The monoisotopic (exact) mass is 234 g/mol. The van der Waals surface area contributed by atoms with E-state index in [9.17, 15) is 0 Å². The molecule has 2 heteroatoms. The van der Waals surface area contributed by atoms with Gasteiger partial charge in [-0.2, -0.15) is 0 Å². The first kappa shape index (κ1) is 12.6. The molecule has 1 heterocycles. The van der Waals surface area contributed by atoms with Crippen LogP contribution in [0.15, 0.2) is 29.0 Å². The van der Waals surface area contributed by atoms with Crippen molar-refractivity contribution in [1.82, 2.24) is 0 Å². The third kappa shape index (κ3) is 3.10. The Morgan fingerprint density at radius 2 is 1.94 bits per heavy atom. The van der Waals surface area contributed by atoms with E-state index in [4.69, 9.17) is 9.47 Å². The molecule has 1 aliphatic carbocycles. The summed E-state index contributed by atoms with van der Waals surface area (Å²) in [4.78, 5) is 0. The molecule has 0 amide bonds. The van der Waals surface area contributed by atoms with Crippen LogP contribution in [0.4, 0.5) is 0 Å². The number of hydrogen-bond acceptors (Lipinski definition) is 2. The van der Waals surface area contributed by atoms with Crippen molar-refractivity contribution in [1.29, 1.82) is 0 Å². The van der Waals surface area contributed by atoms with Crippen molar-refractivity contribution in [2.75, 3.05) is 13.2 Å². The number of ether oxygens (including phenoxy) is 2. The van der Waals surface area contributed by atoms with E-state index in [1.54, 1.807) is 0 Å². The van der Waals surface area contributed by atoms with E-state index >= 15 is 0 Å². The molecule has 0 aromatic heterocycles. The molecule has 1 aliphatic heterocycles. The van der Waals surface area contributed by atoms with Gasteiger partial charge >= 0.3 is 0 Å². The fourth-order valence-corrected chi connectivity index (χ4v) is 2.45. The van der Waals surface area contributed by atoms with Crippen molar-refractivity contribution in [3.05, 3.63) is 29.0 Å². The van der Waals surface area contributed by atoms with Gasteiger partial charge in [0.1, 0.15) is 0 Å². The predicted molar refractivity (Wildman–Crippen MR) is 68.7 cm³/mol. The minimum Gasteiger partial charge on any atom is -0.348 e. The lowest BCUT2D eigenvalue weighted by molar-refractivity contribution is -0.171. The zero-order valence-electron chi connectivity index (χ0n) is 10.9. The van der Waals surface area contributed by atoms with Gasteiger partial charge in [-0.15, -0.1) is 5.73 Å². The first-order valence-electron chi connectivity index (χ1n) is 6.65. The molecule has 0 bridgehead atoms. The summed E-state index contributed by atoms with van der Waals surface area (Å²) in [5.74, 6) is -0.251. The largest absolute Gasteiger partial charge is 0.348 e. The van der Waals surface area contributed by atoms with Gasteiger partial charge in [0.25, 0.3) is 0 Å². The highest BCUT2D eigenvalue weighted by Gasteiger charge is 2.38. The fourth-order valence-electron chi connectivity index (χ4n) is 2.45. The van der Waals surface area contributed by atoms with E-state index < -0.39 is 0 Å². The van der Waals surface area contributed by atoms with Gasteiger partial charge in [0, 0.05) is 12.8 Å². The Morgan fingerprint density at radius 1 is 1.29 bits per heavy atom. The molecule has 1 saturated heterocycles. The minimum absolute atomic E-state index is 0.251. The van der Waals surface area contributed by atoms with Crippen LogP contribution in [0.25, 0.3) is 0 Å². The summed E-state index contributed by atoms with van der Waals surface area (Å²) in [6.07, 6.45) is 9.44. The zero-order chi connectivity index (χ0) is 12.1. The molecule has 2 fully saturated rings. The molecule has 2 nitrogen and oxygen atoms in total. The molecule has 1 saturated carbocycles. The lowest BCUT2D eigenvalue weighted by Crippen LogP contribution is -2.32. The number of rotatable bonds is 2. The Hall–Kier alpha value is -0.820. The molecule has 0 radical (unpaired) electrons. The first-order chi connectivity index (χ1) is 8.28. The molecule has 0 atom stereocenters. The second-order valence-electron chi connectivity index (χ2n) is 4.72. The highest BCUT2D eigenvalue weighted by molar-refractivity contribution is 5.20. The maximum Gasteiger partial charge on any atom is 0.169 e. The van der Waals surface area contributed by atoms with Crippen LogP contribution >= 0.6 is 0 Å². The summed E-state index contributed by atoms with van der Waals surface area (Å²) in [5, 5.41) is 0. The highest BCUT2D eigenvalue weighted by Crippen LogP contribution is 2.37. The lowest BCUT2D eigenvalue weighted by atomic mass is 9.90. The normalized spacial score (nSPS) is 23.9. The molecule has 0 aromatic carbocycles. The van der Waals surface area contributed by atoms with Gasteiger partial charge in [-0.25, -0.2) is 0 Å². The van der Waals surface area contributed by atoms with Gasteiger partial charge in [-0.1, -0.05) is 13.0 Å². The summed E-state index contributed by atoms with van der Waals surface area (Å²) in [6.45, 7) is 5.77. The van der Waals surface area contributed by atoms with Crippen LogP contribution in [0.3, 0.4) is 0 Å². The van der Waals surface area contributed by atoms with Crippen molar-refractivity contribution in [2.24, 2.45) is 0 Å². The lowest BCUT2D eigenvalue weighted by Gasteiger charge is -2.31. The van der Waals surface area contributed by atoms with Gasteiger partial charge in [0.2, 0.25) is 0 Å². The SMILES string of the molecule is C/C=C(\C=C=C1CCC2(CC1)OCCO2)CC. The summed E-state index contributed by atoms with van der Waals surface area (Å²) in [5.41, 5.74) is 6.20. The van der Waals surface area contributed by atoms with Crippen molar-refractivity contribution < 1.29 is 9.47 Å². The van der Waals surface area contributed by atoms with Gasteiger partial charge in [-0.3, -0.25) is 0 Å². The zero-order valence-corrected chi connectivity index (χ0v) is 10.9. The maximum absolute atomic E-state index is 5.71. The molecule has 2 aliphatic rings. The van der Waals surface area contributed by atoms with Crippen LogP contribution in [-0.2, 0) is 9.47 Å². The Morgan fingerprint density at radius 3 is 2.47 bits per heavy atom. The molecule has 0 unspecified atom stereocenters. The van der Waals surface area contributed by atoms with Crippen molar-refractivity contribution in [2.45, 2.75) is 51.7 Å².